The Labute approximate surface area is 112 Å². The molecule has 0 aliphatic carbocycles. The Hall–Kier alpha value is -1.55. The largest absolute Gasteiger partial charge is 0.268 e. The molecule has 3 nitrogen and oxygen atoms in total. The fraction of sp³-hybridized carbons (Fsp3) is 0.286. The number of benzene rings is 1. The molecule has 0 aliphatic rings. The van der Waals surface area contributed by atoms with Crippen LogP contribution in [0.4, 0.5) is 0 Å². The summed E-state index contributed by atoms with van der Waals surface area (Å²) in [4.78, 5) is 11.7. The summed E-state index contributed by atoms with van der Waals surface area (Å²) in [5, 5.41) is 4.26. The first kappa shape index (κ1) is 12.9. The summed E-state index contributed by atoms with van der Waals surface area (Å²) >= 11 is 4.37. The monoisotopic (exact) mass is 260 g/mol. The van der Waals surface area contributed by atoms with E-state index in [-0.39, 0.29) is 11.5 Å². The zero-order chi connectivity index (χ0) is 13.0. The lowest BCUT2D eigenvalue weighted by molar-refractivity contribution is 0.517. The average Bonchev–Trinajstić information content (AvgIpc) is 2.41. The summed E-state index contributed by atoms with van der Waals surface area (Å²) < 4.78 is 1.52. The van der Waals surface area contributed by atoms with E-state index in [1.165, 1.54) is 10.2 Å². The molecule has 2 aromatic rings. The van der Waals surface area contributed by atoms with E-state index >= 15 is 0 Å². The topological polar surface area (TPSA) is 34.9 Å². The minimum atomic E-state index is -0.0664. The smallest absolute Gasteiger partial charge is 0.266 e. The Balaban J connectivity index is 2.26. The Morgan fingerprint density at radius 1 is 1.22 bits per heavy atom. The number of rotatable bonds is 4. The molecule has 94 valence electrons. The fourth-order valence-corrected chi connectivity index (χ4v) is 2.21. The van der Waals surface area contributed by atoms with Gasteiger partial charge in [0, 0.05) is 12.0 Å². The van der Waals surface area contributed by atoms with E-state index < -0.39 is 0 Å². The zero-order valence-corrected chi connectivity index (χ0v) is 11.2. The van der Waals surface area contributed by atoms with Crippen molar-refractivity contribution >= 4 is 12.6 Å². The van der Waals surface area contributed by atoms with Crippen LogP contribution in [0.15, 0.2) is 47.3 Å². The van der Waals surface area contributed by atoms with Gasteiger partial charge in [-0.1, -0.05) is 30.3 Å². The highest BCUT2D eigenvalue weighted by Gasteiger charge is 2.11. The summed E-state index contributed by atoms with van der Waals surface area (Å²) in [5.41, 5.74) is 1.96. The average molecular weight is 260 g/mol. The Bertz CT molecular complexity index is 566. The van der Waals surface area contributed by atoms with Crippen LogP contribution in [0.3, 0.4) is 0 Å². The molecular weight excluding hydrogens is 244 g/mol. The first-order chi connectivity index (χ1) is 8.70. The first-order valence-electron chi connectivity index (χ1n) is 5.91. The van der Waals surface area contributed by atoms with Crippen LogP contribution >= 0.6 is 12.6 Å². The Morgan fingerprint density at radius 2 is 1.94 bits per heavy atom. The lowest BCUT2D eigenvalue weighted by atomic mass is 10.0. The third kappa shape index (κ3) is 3.01. The van der Waals surface area contributed by atoms with Gasteiger partial charge in [0.1, 0.15) is 0 Å². The van der Waals surface area contributed by atoms with Crippen LogP contribution in [0.2, 0.25) is 0 Å². The Morgan fingerprint density at radius 3 is 2.61 bits per heavy atom. The quantitative estimate of drug-likeness (QED) is 0.856. The maximum atomic E-state index is 11.7. The van der Waals surface area contributed by atoms with E-state index in [1.807, 2.05) is 25.1 Å². The Kier molecular flexibility index (Phi) is 4.20. The zero-order valence-electron chi connectivity index (χ0n) is 10.3. The van der Waals surface area contributed by atoms with Gasteiger partial charge in [-0.3, -0.25) is 4.79 Å². The molecule has 1 heterocycles. The SMILES string of the molecule is Cc1ccc(=O)n(CC(CS)c2ccccc2)n1. The second-order valence-electron chi connectivity index (χ2n) is 4.29. The molecule has 0 amide bonds. The van der Waals surface area contributed by atoms with Crippen LogP contribution in [-0.2, 0) is 6.54 Å². The van der Waals surface area contributed by atoms with Crippen LogP contribution in [0.25, 0.3) is 0 Å². The molecule has 0 saturated heterocycles. The minimum absolute atomic E-state index is 0.0664. The molecule has 1 aromatic carbocycles. The van der Waals surface area contributed by atoms with Crippen molar-refractivity contribution in [1.29, 1.82) is 0 Å². The van der Waals surface area contributed by atoms with Crippen LogP contribution < -0.4 is 5.56 Å². The maximum absolute atomic E-state index is 11.7. The second kappa shape index (κ2) is 5.87. The first-order valence-corrected chi connectivity index (χ1v) is 6.54. The van der Waals surface area contributed by atoms with Gasteiger partial charge in [-0.05, 0) is 24.3 Å². The second-order valence-corrected chi connectivity index (χ2v) is 4.65. The van der Waals surface area contributed by atoms with E-state index in [9.17, 15) is 4.79 Å². The highest BCUT2D eigenvalue weighted by Crippen LogP contribution is 2.18. The molecule has 0 bridgehead atoms. The molecule has 2 rings (SSSR count). The molecule has 1 atom stereocenters. The molecule has 18 heavy (non-hydrogen) atoms. The van der Waals surface area contributed by atoms with Crippen molar-refractivity contribution in [3.05, 3.63) is 64.1 Å². The van der Waals surface area contributed by atoms with E-state index in [2.05, 4.69) is 29.9 Å². The van der Waals surface area contributed by atoms with Gasteiger partial charge < -0.3 is 0 Å². The summed E-state index contributed by atoms with van der Waals surface area (Å²) in [6.45, 7) is 2.45. The normalized spacial score (nSPS) is 12.3. The van der Waals surface area contributed by atoms with Crippen molar-refractivity contribution in [2.45, 2.75) is 19.4 Å². The molecule has 0 aliphatic heterocycles. The number of aryl methyl sites for hydroxylation is 1. The van der Waals surface area contributed by atoms with Crippen molar-refractivity contribution in [1.82, 2.24) is 9.78 Å². The number of nitrogens with zero attached hydrogens (tertiary/aromatic N) is 2. The van der Waals surface area contributed by atoms with Crippen molar-refractivity contribution < 1.29 is 0 Å². The third-order valence-corrected chi connectivity index (χ3v) is 3.33. The number of hydrogen-bond donors (Lipinski definition) is 1. The van der Waals surface area contributed by atoms with Gasteiger partial charge in [-0.25, -0.2) is 4.68 Å². The highest BCUT2D eigenvalue weighted by molar-refractivity contribution is 7.80. The molecular formula is C14H16N2OS. The van der Waals surface area contributed by atoms with Gasteiger partial charge in [0.2, 0.25) is 0 Å². The fourth-order valence-electron chi connectivity index (χ4n) is 1.88. The predicted molar refractivity (Wildman–Crippen MR) is 76.3 cm³/mol. The third-order valence-electron chi connectivity index (χ3n) is 2.88. The van der Waals surface area contributed by atoms with Gasteiger partial charge >= 0.3 is 0 Å². The maximum Gasteiger partial charge on any atom is 0.266 e. The number of hydrogen-bond acceptors (Lipinski definition) is 3. The molecule has 1 unspecified atom stereocenters. The summed E-state index contributed by atoms with van der Waals surface area (Å²) in [6.07, 6.45) is 0. The number of aromatic nitrogens is 2. The lowest BCUT2D eigenvalue weighted by Crippen LogP contribution is -2.26. The van der Waals surface area contributed by atoms with Crippen LogP contribution in [-0.4, -0.2) is 15.5 Å². The van der Waals surface area contributed by atoms with Crippen molar-refractivity contribution in [3.63, 3.8) is 0 Å². The highest BCUT2D eigenvalue weighted by atomic mass is 32.1. The molecule has 0 radical (unpaired) electrons. The van der Waals surface area contributed by atoms with Crippen LogP contribution in [0.5, 0.6) is 0 Å². The van der Waals surface area contributed by atoms with E-state index in [4.69, 9.17) is 0 Å². The van der Waals surface area contributed by atoms with Crippen LogP contribution in [0, 0.1) is 6.92 Å². The van der Waals surface area contributed by atoms with E-state index in [0.29, 0.717) is 12.3 Å². The summed E-state index contributed by atoms with van der Waals surface area (Å²) in [7, 11) is 0. The summed E-state index contributed by atoms with van der Waals surface area (Å²) in [5.74, 6) is 0.882. The van der Waals surface area contributed by atoms with Gasteiger partial charge in [-0.2, -0.15) is 17.7 Å². The van der Waals surface area contributed by atoms with Crippen molar-refractivity contribution in [2.24, 2.45) is 0 Å². The van der Waals surface area contributed by atoms with Gasteiger partial charge in [0.25, 0.3) is 5.56 Å². The molecule has 0 spiro atoms. The minimum Gasteiger partial charge on any atom is -0.268 e. The van der Waals surface area contributed by atoms with Gasteiger partial charge in [-0.15, -0.1) is 0 Å². The molecule has 0 N–H and O–H groups in total. The van der Waals surface area contributed by atoms with Crippen molar-refractivity contribution in [3.8, 4) is 0 Å². The summed E-state index contributed by atoms with van der Waals surface area (Å²) in [6, 6.07) is 13.4. The lowest BCUT2D eigenvalue weighted by Gasteiger charge is -2.15. The molecule has 1 aromatic heterocycles. The van der Waals surface area contributed by atoms with E-state index in [0.717, 1.165) is 5.69 Å². The van der Waals surface area contributed by atoms with Crippen LogP contribution in [0.1, 0.15) is 17.2 Å². The molecule has 0 saturated carbocycles. The predicted octanol–water partition coefficient (Wildman–Crippen LogP) is 2.27. The van der Waals surface area contributed by atoms with Gasteiger partial charge in [0.15, 0.2) is 0 Å². The van der Waals surface area contributed by atoms with Crippen molar-refractivity contribution in [2.75, 3.05) is 5.75 Å². The molecule has 0 fully saturated rings. The standard InChI is InChI=1S/C14H16N2OS/c1-11-7-8-14(17)16(15-11)9-13(10-18)12-5-3-2-4-6-12/h2-8,13,18H,9-10H2,1H3. The number of thiol groups is 1. The van der Waals surface area contributed by atoms with Gasteiger partial charge in [0.05, 0.1) is 12.2 Å². The van der Waals surface area contributed by atoms with E-state index in [1.54, 1.807) is 12.1 Å². The molecule has 4 heteroatoms.